The van der Waals surface area contributed by atoms with Gasteiger partial charge in [0.05, 0.1) is 23.4 Å². The number of ether oxygens (including phenoxy) is 1. The van der Waals surface area contributed by atoms with Crippen LogP contribution in [0.5, 0.6) is 0 Å². The number of morpholine rings is 1. The zero-order chi connectivity index (χ0) is 13.9. The molecule has 1 aliphatic heterocycles. The van der Waals surface area contributed by atoms with Gasteiger partial charge in [0.1, 0.15) is 0 Å². The van der Waals surface area contributed by atoms with Crippen LogP contribution in [0.3, 0.4) is 0 Å². The van der Waals surface area contributed by atoms with E-state index in [1.54, 1.807) is 0 Å². The van der Waals surface area contributed by atoms with Crippen LogP contribution in [0.1, 0.15) is 0 Å². The fraction of sp³-hybridized carbons (Fsp3) is 0.462. The van der Waals surface area contributed by atoms with Gasteiger partial charge in [-0.3, -0.25) is 4.90 Å². The molecule has 1 N–H and O–H groups in total. The van der Waals surface area contributed by atoms with Gasteiger partial charge in [0.2, 0.25) is 0 Å². The minimum Gasteiger partial charge on any atom is -0.379 e. The van der Waals surface area contributed by atoms with Gasteiger partial charge in [-0.1, -0.05) is 11.3 Å². The van der Waals surface area contributed by atoms with Crippen LogP contribution in [0.2, 0.25) is 0 Å². The second kappa shape index (κ2) is 5.99. The summed E-state index contributed by atoms with van der Waals surface area (Å²) in [7, 11) is 0. The number of fused-ring (bicyclic) bond motifs is 1. The SMILES string of the molecule is Fc1cc2nc(NCCN3CCOCC3)sc2cc1F. The molecular formula is C13H15F2N3OS. The molecule has 1 aromatic heterocycles. The van der Waals surface area contributed by atoms with Crippen LogP contribution < -0.4 is 5.32 Å². The number of rotatable bonds is 4. The predicted molar refractivity (Wildman–Crippen MR) is 75.3 cm³/mol. The van der Waals surface area contributed by atoms with Crippen molar-refractivity contribution in [1.82, 2.24) is 9.88 Å². The van der Waals surface area contributed by atoms with Gasteiger partial charge in [-0.15, -0.1) is 0 Å². The zero-order valence-corrected chi connectivity index (χ0v) is 11.7. The first kappa shape index (κ1) is 13.7. The molecule has 108 valence electrons. The summed E-state index contributed by atoms with van der Waals surface area (Å²) in [5.41, 5.74) is 0.489. The Morgan fingerprint density at radius 3 is 2.80 bits per heavy atom. The molecule has 4 nitrogen and oxygen atoms in total. The van der Waals surface area contributed by atoms with Gasteiger partial charge < -0.3 is 10.1 Å². The molecule has 7 heteroatoms. The molecule has 0 spiro atoms. The smallest absolute Gasteiger partial charge is 0.183 e. The Morgan fingerprint density at radius 1 is 1.25 bits per heavy atom. The highest BCUT2D eigenvalue weighted by Gasteiger charge is 2.11. The highest BCUT2D eigenvalue weighted by Crippen LogP contribution is 2.27. The molecule has 3 rings (SSSR count). The maximum atomic E-state index is 13.1. The van der Waals surface area contributed by atoms with Crippen molar-refractivity contribution in [3.05, 3.63) is 23.8 Å². The lowest BCUT2D eigenvalue weighted by atomic mass is 10.3. The molecule has 1 aromatic carbocycles. The van der Waals surface area contributed by atoms with Crippen LogP contribution >= 0.6 is 11.3 Å². The van der Waals surface area contributed by atoms with Crippen molar-refractivity contribution < 1.29 is 13.5 Å². The fourth-order valence-corrected chi connectivity index (χ4v) is 3.04. The number of hydrogen-bond donors (Lipinski definition) is 1. The number of nitrogens with one attached hydrogen (secondary N) is 1. The normalized spacial score (nSPS) is 16.7. The maximum absolute atomic E-state index is 13.1. The zero-order valence-electron chi connectivity index (χ0n) is 10.9. The minimum atomic E-state index is -0.859. The summed E-state index contributed by atoms with van der Waals surface area (Å²) in [6.07, 6.45) is 0. The Balaban J connectivity index is 1.60. The second-order valence-electron chi connectivity index (χ2n) is 4.63. The first-order valence-corrected chi connectivity index (χ1v) is 7.33. The van der Waals surface area contributed by atoms with Gasteiger partial charge in [0.25, 0.3) is 0 Å². The number of benzene rings is 1. The van der Waals surface area contributed by atoms with Crippen LogP contribution in [0, 0.1) is 11.6 Å². The molecular weight excluding hydrogens is 284 g/mol. The number of anilines is 1. The van der Waals surface area contributed by atoms with Crippen molar-refractivity contribution in [2.45, 2.75) is 0 Å². The van der Waals surface area contributed by atoms with E-state index in [-0.39, 0.29) is 0 Å². The summed E-state index contributed by atoms with van der Waals surface area (Å²) < 4.78 is 32.2. The predicted octanol–water partition coefficient (Wildman–Crippen LogP) is 2.32. The maximum Gasteiger partial charge on any atom is 0.183 e. The van der Waals surface area contributed by atoms with Crippen LogP contribution in [0.25, 0.3) is 10.2 Å². The molecule has 1 fully saturated rings. The van der Waals surface area contributed by atoms with E-state index in [9.17, 15) is 8.78 Å². The largest absolute Gasteiger partial charge is 0.379 e. The van der Waals surface area contributed by atoms with E-state index in [2.05, 4.69) is 15.2 Å². The standard InChI is InChI=1S/C13H15F2N3OS/c14-9-7-11-12(8-10(9)15)20-13(17-11)16-1-2-18-3-5-19-6-4-18/h7-8H,1-6H2,(H,16,17). The monoisotopic (exact) mass is 299 g/mol. The van der Waals surface area contributed by atoms with Crippen molar-refractivity contribution >= 4 is 26.7 Å². The van der Waals surface area contributed by atoms with Crippen molar-refractivity contribution in [1.29, 1.82) is 0 Å². The molecule has 0 atom stereocenters. The van der Waals surface area contributed by atoms with Crippen LogP contribution in [0.4, 0.5) is 13.9 Å². The molecule has 0 bridgehead atoms. The van der Waals surface area contributed by atoms with Crippen molar-refractivity contribution in [2.75, 3.05) is 44.7 Å². The van der Waals surface area contributed by atoms with Crippen molar-refractivity contribution in [3.8, 4) is 0 Å². The number of halogens is 2. The third kappa shape index (κ3) is 3.05. The third-order valence-corrected chi connectivity index (χ3v) is 4.21. The Morgan fingerprint density at radius 2 is 2.00 bits per heavy atom. The molecule has 20 heavy (non-hydrogen) atoms. The number of hydrogen-bond acceptors (Lipinski definition) is 5. The van der Waals surface area contributed by atoms with Crippen molar-refractivity contribution in [2.24, 2.45) is 0 Å². The molecule has 0 saturated carbocycles. The molecule has 0 unspecified atom stereocenters. The molecule has 2 aromatic rings. The Labute approximate surface area is 119 Å². The van der Waals surface area contributed by atoms with E-state index in [1.165, 1.54) is 17.4 Å². The Bertz CT molecular complexity index is 560. The van der Waals surface area contributed by atoms with Gasteiger partial charge in [0, 0.05) is 32.2 Å². The van der Waals surface area contributed by atoms with Crippen molar-refractivity contribution in [3.63, 3.8) is 0 Å². The highest BCUT2D eigenvalue weighted by atomic mass is 32.1. The summed E-state index contributed by atoms with van der Waals surface area (Å²) in [5, 5.41) is 3.89. The Kier molecular flexibility index (Phi) is 4.09. The van der Waals surface area contributed by atoms with Crippen LogP contribution in [0.15, 0.2) is 12.1 Å². The summed E-state index contributed by atoms with van der Waals surface area (Å²) >= 11 is 1.33. The first-order chi connectivity index (χ1) is 9.72. The van der Waals surface area contributed by atoms with Gasteiger partial charge in [-0.25, -0.2) is 13.8 Å². The third-order valence-electron chi connectivity index (χ3n) is 3.24. The second-order valence-corrected chi connectivity index (χ2v) is 5.66. The van der Waals surface area contributed by atoms with Crippen LogP contribution in [-0.2, 0) is 4.74 Å². The lowest BCUT2D eigenvalue weighted by Crippen LogP contribution is -2.38. The Hall–Kier alpha value is -1.31. The van der Waals surface area contributed by atoms with Gasteiger partial charge >= 0.3 is 0 Å². The summed E-state index contributed by atoms with van der Waals surface area (Å²) in [6, 6.07) is 2.32. The summed E-state index contributed by atoms with van der Waals surface area (Å²) in [6.45, 7) is 5.10. The summed E-state index contributed by atoms with van der Waals surface area (Å²) in [5.74, 6) is -1.69. The molecule has 0 aliphatic carbocycles. The molecule has 0 amide bonds. The molecule has 1 saturated heterocycles. The van der Waals surface area contributed by atoms with E-state index in [0.717, 1.165) is 45.5 Å². The van der Waals surface area contributed by atoms with Gasteiger partial charge in [-0.2, -0.15) is 0 Å². The fourth-order valence-electron chi connectivity index (χ4n) is 2.14. The molecule has 1 aliphatic rings. The summed E-state index contributed by atoms with van der Waals surface area (Å²) in [4.78, 5) is 6.56. The van der Waals surface area contributed by atoms with E-state index in [1.807, 2.05) is 0 Å². The van der Waals surface area contributed by atoms with E-state index < -0.39 is 11.6 Å². The highest BCUT2D eigenvalue weighted by molar-refractivity contribution is 7.22. The van der Waals surface area contributed by atoms with Gasteiger partial charge in [-0.05, 0) is 6.07 Å². The van der Waals surface area contributed by atoms with Crippen LogP contribution in [-0.4, -0.2) is 49.3 Å². The van der Waals surface area contributed by atoms with Gasteiger partial charge in [0.15, 0.2) is 16.8 Å². The lowest BCUT2D eigenvalue weighted by Gasteiger charge is -2.26. The number of thiazole rings is 1. The first-order valence-electron chi connectivity index (χ1n) is 6.52. The minimum absolute atomic E-state index is 0.489. The average Bonchev–Trinajstić information content (AvgIpc) is 2.82. The molecule has 0 radical (unpaired) electrons. The average molecular weight is 299 g/mol. The van der Waals surface area contributed by atoms with E-state index in [4.69, 9.17) is 4.74 Å². The van der Waals surface area contributed by atoms with E-state index >= 15 is 0 Å². The lowest BCUT2D eigenvalue weighted by molar-refractivity contribution is 0.0398. The number of aromatic nitrogens is 1. The number of nitrogens with zero attached hydrogens (tertiary/aromatic N) is 2. The van der Waals surface area contributed by atoms with E-state index in [0.29, 0.717) is 15.3 Å². The molecule has 2 heterocycles. The topological polar surface area (TPSA) is 37.4 Å². The quantitative estimate of drug-likeness (QED) is 0.940.